The number of amides is 1. The van der Waals surface area contributed by atoms with Crippen LogP contribution in [0.5, 0.6) is 0 Å². The minimum Gasteiger partial charge on any atom is -0.337 e. The van der Waals surface area contributed by atoms with Crippen molar-refractivity contribution in [3.63, 3.8) is 0 Å². The highest BCUT2D eigenvalue weighted by Crippen LogP contribution is 2.15. The van der Waals surface area contributed by atoms with E-state index >= 15 is 0 Å². The molecule has 0 aromatic heterocycles. The first-order valence-electron chi connectivity index (χ1n) is 7.01. The molecule has 1 unspecified atom stereocenters. The molecule has 19 heavy (non-hydrogen) atoms. The third-order valence-corrected chi connectivity index (χ3v) is 4.10. The van der Waals surface area contributed by atoms with Crippen LogP contribution in [-0.4, -0.2) is 30.1 Å². The van der Waals surface area contributed by atoms with Gasteiger partial charge in [-0.1, -0.05) is 35.3 Å². The number of likely N-dealkylation sites (tertiary alicyclic amines) is 1. The summed E-state index contributed by atoms with van der Waals surface area (Å²) in [5, 5.41) is 3.15. The second kappa shape index (κ2) is 7.06. The van der Waals surface area contributed by atoms with Crippen LogP contribution in [0.2, 0.25) is 0 Å². The average Bonchev–Trinajstić information content (AvgIpc) is 2.45. The quantitative estimate of drug-likeness (QED) is 0.920. The van der Waals surface area contributed by atoms with Crippen LogP contribution in [0.25, 0.3) is 0 Å². The molecule has 0 aliphatic carbocycles. The molecule has 3 nitrogen and oxygen atoms in total. The summed E-state index contributed by atoms with van der Waals surface area (Å²) in [5.41, 5.74) is 0.713. The van der Waals surface area contributed by atoms with Crippen molar-refractivity contribution in [1.29, 1.82) is 0 Å². The molecule has 1 aliphatic rings. The molecule has 2 rings (SSSR count). The molecule has 1 aromatic rings. The fraction of sp³-hybridized carbons (Fsp3) is 0.533. The maximum atomic E-state index is 12.3. The molecule has 1 heterocycles. The molecule has 1 fully saturated rings. The zero-order valence-corrected chi connectivity index (χ0v) is 12.9. The lowest BCUT2D eigenvalue weighted by Gasteiger charge is -2.34. The summed E-state index contributed by atoms with van der Waals surface area (Å²) in [7, 11) is 0. The first-order chi connectivity index (χ1) is 9.20. The standard InChI is InChI=1S/C15H21BrN2O/c1-2-14(18-9-4-3-5-10-18)17-15(19)12-7-6-8-13(16)11-12/h6-8,11,14H,2-5,9-10H2,1H3,(H,17,19). The van der Waals surface area contributed by atoms with Crippen molar-refractivity contribution in [2.45, 2.75) is 38.8 Å². The highest BCUT2D eigenvalue weighted by Gasteiger charge is 2.21. The Morgan fingerprint density at radius 2 is 2.11 bits per heavy atom. The lowest BCUT2D eigenvalue weighted by atomic mass is 10.1. The highest BCUT2D eigenvalue weighted by molar-refractivity contribution is 9.10. The van der Waals surface area contributed by atoms with E-state index in [4.69, 9.17) is 0 Å². The number of rotatable bonds is 4. The largest absolute Gasteiger partial charge is 0.337 e. The minimum absolute atomic E-state index is 0.0127. The van der Waals surface area contributed by atoms with E-state index < -0.39 is 0 Å². The fourth-order valence-electron chi connectivity index (χ4n) is 2.55. The van der Waals surface area contributed by atoms with Crippen molar-refractivity contribution in [2.75, 3.05) is 13.1 Å². The molecule has 0 saturated carbocycles. The van der Waals surface area contributed by atoms with Crippen LogP contribution in [0.4, 0.5) is 0 Å². The van der Waals surface area contributed by atoms with Crippen LogP contribution in [0.15, 0.2) is 28.7 Å². The van der Waals surface area contributed by atoms with Crippen molar-refractivity contribution in [3.8, 4) is 0 Å². The Balaban J connectivity index is 1.99. The third kappa shape index (κ3) is 4.05. The Bertz CT molecular complexity index is 430. The van der Waals surface area contributed by atoms with Gasteiger partial charge >= 0.3 is 0 Å². The molecule has 1 N–H and O–H groups in total. The normalized spacial score (nSPS) is 18.0. The molecule has 1 aliphatic heterocycles. The van der Waals surface area contributed by atoms with Crippen LogP contribution in [0.3, 0.4) is 0 Å². The number of halogens is 1. The van der Waals surface area contributed by atoms with E-state index in [0.29, 0.717) is 5.56 Å². The number of hydrogen-bond donors (Lipinski definition) is 1. The van der Waals surface area contributed by atoms with Crippen molar-refractivity contribution in [2.24, 2.45) is 0 Å². The predicted octanol–water partition coefficient (Wildman–Crippen LogP) is 3.40. The molecule has 1 aromatic carbocycles. The lowest BCUT2D eigenvalue weighted by Crippen LogP contribution is -2.49. The number of carbonyl (C=O) groups excluding carboxylic acids is 1. The topological polar surface area (TPSA) is 32.3 Å². The van der Waals surface area contributed by atoms with Crippen LogP contribution in [0, 0.1) is 0 Å². The van der Waals surface area contributed by atoms with Gasteiger partial charge in [0.15, 0.2) is 0 Å². The highest BCUT2D eigenvalue weighted by atomic mass is 79.9. The molecule has 0 spiro atoms. The number of hydrogen-bond acceptors (Lipinski definition) is 2. The van der Waals surface area contributed by atoms with E-state index in [1.165, 1.54) is 19.3 Å². The van der Waals surface area contributed by atoms with Gasteiger partial charge in [-0.2, -0.15) is 0 Å². The van der Waals surface area contributed by atoms with E-state index in [-0.39, 0.29) is 12.1 Å². The Hall–Kier alpha value is -0.870. The molecule has 4 heteroatoms. The molecule has 104 valence electrons. The number of nitrogens with one attached hydrogen (secondary N) is 1. The number of nitrogens with zero attached hydrogens (tertiary/aromatic N) is 1. The molecule has 0 bridgehead atoms. The molecule has 1 amide bonds. The maximum absolute atomic E-state index is 12.3. The molecule has 1 saturated heterocycles. The zero-order chi connectivity index (χ0) is 13.7. The summed E-state index contributed by atoms with van der Waals surface area (Å²) in [6, 6.07) is 7.53. The van der Waals surface area contributed by atoms with Crippen molar-refractivity contribution in [3.05, 3.63) is 34.3 Å². The van der Waals surface area contributed by atoms with Crippen molar-refractivity contribution in [1.82, 2.24) is 10.2 Å². The molecule has 1 atom stereocenters. The van der Waals surface area contributed by atoms with Gasteiger partial charge < -0.3 is 5.32 Å². The van der Waals surface area contributed by atoms with Crippen LogP contribution >= 0.6 is 15.9 Å². The van der Waals surface area contributed by atoms with Crippen LogP contribution < -0.4 is 5.32 Å². The number of benzene rings is 1. The zero-order valence-electron chi connectivity index (χ0n) is 11.4. The van der Waals surface area contributed by atoms with Gasteiger partial charge in [0.05, 0.1) is 6.17 Å². The average molecular weight is 325 g/mol. The summed E-state index contributed by atoms with van der Waals surface area (Å²) in [4.78, 5) is 14.6. The summed E-state index contributed by atoms with van der Waals surface area (Å²) < 4.78 is 0.936. The van der Waals surface area contributed by atoms with E-state index in [1.54, 1.807) is 0 Å². The van der Waals surface area contributed by atoms with Gasteiger partial charge in [0.1, 0.15) is 0 Å². The van der Waals surface area contributed by atoms with Gasteiger partial charge in [-0.25, -0.2) is 0 Å². The first-order valence-corrected chi connectivity index (χ1v) is 7.80. The van der Waals surface area contributed by atoms with Gasteiger partial charge in [0.25, 0.3) is 5.91 Å². The maximum Gasteiger partial charge on any atom is 0.252 e. The Morgan fingerprint density at radius 3 is 2.74 bits per heavy atom. The Kier molecular flexibility index (Phi) is 5.40. The van der Waals surface area contributed by atoms with Crippen molar-refractivity contribution >= 4 is 21.8 Å². The van der Waals surface area contributed by atoms with E-state index in [0.717, 1.165) is 24.0 Å². The Labute approximate surface area is 123 Å². The number of piperidine rings is 1. The molecule has 0 radical (unpaired) electrons. The van der Waals surface area contributed by atoms with Gasteiger partial charge in [-0.15, -0.1) is 0 Å². The van der Waals surface area contributed by atoms with Gasteiger partial charge in [-0.05, 0) is 37.5 Å². The molecular weight excluding hydrogens is 304 g/mol. The summed E-state index contributed by atoms with van der Waals surface area (Å²) in [6.07, 6.45) is 4.89. The van der Waals surface area contributed by atoms with Crippen LogP contribution in [-0.2, 0) is 0 Å². The minimum atomic E-state index is 0.0127. The molecular formula is C15H21BrN2O. The predicted molar refractivity (Wildman–Crippen MR) is 81.1 cm³/mol. The summed E-state index contributed by atoms with van der Waals surface area (Å²) in [6.45, 7) is 4.31. The van der Waals surface area contributed by atoms with E-state index in [2.05, 4.69) is 33.1 Å². The lowest BCUT2D eigenvalue weighted by molar-refractivity contribution is 0.0808. The second-order valence-corrected chi connectivity index (χ2v) is 5.92. The SMILES string of the molecule is CCC(NC(=O)c1cccc(Br)c1)N1CCCCC1. The third-order valence-electron chi connectivity index (χ3n) is 3.60. The first kappa shape index (κ1) is 14.5. The summed E-state index contributed by atoms with van der Waals surface area (Å²) in [5.74, 6) is 0.0127. The van der Waals surface area contributed by atoms with Gasteiger partial charge in [-0.3, -0.25) is 9.69 Å². The second-order valence-electron chi connectivity index (χ2n) is 5.00. The van der Waals surface area contributed by atoms with E-state index in [9.17, 15) is 4.79 Å². The monoisotopic (exact) mass is 324 g/mol. The summed E-state index contributed by atoms with van der Waals surface area (Å²) >= 11 is 3.40. The van der Waals surface area contributed by atoms with Gasteiger partial charge in [0.2, 0.25) is 0 Å². The van der Waals surface area contributed by atoms with Crippen LogP contribution in [0.1, 0.15) is 43.0 Å². The van der Waals surface area contributed by atoms with Crippen molar-refractivity contribution < 1.29 is 4.79 Å². The Morgan fingerprint density at radius 1 is 1.37 bits per heavy atom. The van der Waals surface area contributed by atoms with E-state index in [1.807, 2.05) is 24.3 Å². The van der Waals surface area contributed by atoms with Gasteiger partial charge in [0, 0.05) is 23.1 Å². The number of carbonyl (C=O) groups is 1. The fourth-order valence-corrected chi connectivity index (χ4v) is 2.95. The smallest absolute Gasteiger partial charge is 0.252 e.